The molecule has 2 aromatic carbocycles. The molecule has 2 amide bonds. The van der Waals surface area contributed by atoms with Gasteiger partial charge in [0.25, 0.3) is 0 Å². The van der Waals surface area contributed by atoms with Crippen molar-refractivity contribution >= 4 is 29.5 Å². The van der Waals surface area contributed by atoms with Gasteiger partial charge in [-0.3, -0.25) is 9.59 Å². The lowest BCUT2D eigenvalue weighted by molar-refractivity contribution is -0.121. The third-order valence-electron chi connectivity index (χ3n) is 3.62. The third-order valence-corrected chi connectivity index (χ3v) is 3.93. The number of hydrogen-bond donors (Lipinski definition) is 2. The van der Waals surface area contributed by atoms with E-state index < -0.39 is 0 Å². The number of amides is 2. The number of nitrogens with one attached hydrogen (secondary N) is 2. The molecule has 0 saturated heterocycles. The Morgan fingerprint density at radius 1 is 0.963 bits per heavy atom. The minimum atomic E-state index is -0.193. The molecule has 0 bridgehead atoms. The van der Waals surface area contributed by atoms with Gasteiger partial charge < -0.3 is 15.4 Å². The van der Waals surface area contributed by atoms with Crippen molar-refractivity contribution in [1.29, 1.82) is 0 Å². The number of rotatable bonds is 10. The van der Waals surface area contributed by atoms with Gasteiger partial charge in [-0.05, 0) is 30.2 Å². The average molecular weight is 387 g/mol. The lowest BCUT2D eigenvalue weighted by atomic mass is 10.2. The first kappa shape index (κ1) is 20.5. The molecule has 0 aliphatic carbocycles. The fourth-order valence-electron chi connectivity index (χ4n) is 2.25. The first-order valence-electron chi connectivity index (χ1n) is 8.80. The molecule has 0 aliphatic heterocycles. The summed E-state index contributed by atoms with van der Waals surface area (Å²) in [4.78, 5) is 23.5. The maximum absolute atomic E-state index is 11.8. The van der Waals surface area contributed by atoms with Gasteiger partial charge in [0.2, 0.25) is 11.8 Å². The summed E-state index contributed by atoms with van der Waals surface area (Å²) in [5.74, 6) is 0.346. The summed E-state index contributed by atoms with van der Waals surface area (Å²) in [6, 6.07) is 16.8. The molecule has 6 heteroatoms. The van der Waals surface area contributed by atoms with Crippen LogP contribution >= 0.6 is 11.6 Å². The van der Waals surface area contributed by atoms with E-state index >= 15 is 0 Å². The van der Waals surface area contributed by atoms with Gasteiger partial charge in [0.1, 0.15) is 5.75 Å². The number of para-hydroxylation sites is 1. The van der Waals surface area contributed by atoms with E-state index in [4.69, 9.17) is 16.3 Å². The van der Waals surface area contributed by atoms with Crippen molar-refractivity contribution in [3.63, 3.8) is 0 Å². The molecule has 27 heavy (non-hydrogen) atoms. The van der Waals surface area contributed by atoms with E-state index in [2.05, 4.69) is 10.6 Å². The van der Waals surface area contributed by atoms with Gasteiger partial charge in [-0.1, -0.05) is 54.1 Å². The van der Waals surface area contributed by atoms with E-state index in [1.54, 1.807) is 18.2 Å². The highest BCUT2D eigenvalue weighted by Crippen LogP contribution is 2.23. The fraction of sp³-hybridized carbons (Fsp3) is 0.238. The van der Waals surface area contributed by atoms with Crippen LogP contribution in [0.4, 0.5) is 0 Å². The van der Waals surface area contributed by atoms with Gasteiger partial charge in [-0.2, -0.15) is 0 Å². The summed E-state index contributed by atoms with van der Waals surface area (Å²) in [6.07, 6.45) is 4.16. The van der Waals surface area contributed by atoms with E-state index in [0.717, 1.165) is 5.56 Å². The van der Waals surface area contributed by atoms with Crippen LogP contribution in [0, 0.1) is 0 Å². The van der Waals surface area contributed by atoms with Gasteiger partial charge in [-0.25, -0.2) is 0 Å². The molecule has 0 spiro atoms. The smallest absolute Gasteiger partial charge is 0.244 e. The molecular weight excluding hydrogens is 364 g/mol. The van der Waals surface area contributed by atoms with Crippen molar-refractivity contribution in [3.05, 3.63) is 71.3 Å². The van der Waals surface area contributed by atoms with Gasteiger partial charge in [0, 0.05) is 25.6 Å². The Hall–Kier alpha value is -2.79. The number of halogens is 1. The van der Waals surface area contributed by atoms with Crippen molar-refractivity contribution in [2.45, 2.75) is 12.8 Å². The fourth-order valence-corrected chi connectivity index (χ4v) is 2.44. The van der Waals surface area contributed by atoms with Gasteiger partial charge in [0.05, 0.1) is 11.6 Å². The van der Waals surface area contributed by atoms with E-state index in [9.17, 15) is 9.59 Å². The number of hydrogen-bond acceptors (Lipinski definition) is 3. The predicted octanol–water partition coefficient (Wildman–Crippen LogP) is 3.44. The molecule has 0 unspecified atom stereocenters. The molecule has 0 aliphatic rings. The highest BCUT2D eigenvalue weighted by Gasteiger charge is 2.03. The number of benzene rings is 2. The highest BCUT2D eigenvalue weighted by molar-refractivity contribution is 6.32. The molecule has 0 radical (unpaired) electrons. The summed E-state index contributed by atoms with van der Waals surface area (Å²) in [7, 11) is 0. The van der Waals surface area contributed by atoms with Crippen molar-refractivity contribution in [3.8, 4) is 5.75 Å². The van der Waals surface area contributed by atoms with Crippen LogP contribution < -0.4 is 15.4 Å². The molecule has 5 nitrogen and oxygen atoms in total. The average Bonchev–Trinajstić information content (AvgIpc) is 2.69. The Morgan fingerprint density at radius 2 is 1.67 bits per heavy atom. The van der Waals surface area contributed by atoms with E-state index in [-0.39, 0.29) is 11.8 Å². The summed E-state index contributed by atoms with van der Waals surface area (Å²) >= 11 is 5.99. The van der Waals surface area contributed by atoms with Crippen LogP contribution in [0.3, 0.4) is 0 Å². The van der Waals surface area contributed by atoms with Crippen LogP contribution in [0.5, 0.6) is 5.75 Å². The zero-order valence-corrected chi connectivity index (χ0v) is 15.7. The molecular formula is C21H23ClN2O3. The minimum absolute atomic E-state index is 0.0770. The Labute approximate surface area is 164 Å². The second-order valence-electron chi connectivity index (χ2n) is 5.77. The molecule has 2 N–H and O–H groups in total. The maximum atomic E-state index is 11.8. The predicted molar refractivity (Wildman–Crippen MR) is 108 cm³/mol. The van der Waals surface area contributed by atoms with Gasteiger partial charge >= 0.3 is 0 Å². The molecule has 142 valence electrons. The van der Waals surface area contributed by atoms with E-state index in [0.29, 0.717) is 43.3 Å². The van der Waals surface area contributed by atoms with Crippen LogP contribution in [0.2, 0.25) is 5.02 Å². The summed E-state index contributed by atoms with van der Waals surface area (Å²) < 4.78 is 5.53. The molecule has 2 aromatic rings. The Kier molecular flexibility index (Phi) is 8.93. The van der Waals surface area contributed by atoms with Crippen LogP contribution in [0.1, 0.15) is 18.4 Å². The zero-order valence-electron chi connectivity index (χ0n) is 15.0. The van der Waals surface area contributed by atoms with Crippen molar-refractivity contribution in [2.24, 2.45) is 0 Å². The van der Waals surface area contributed by atoms with Crippen LogP contribution in [-0.4, -0.2) is 31.5 Å². The second-order valence-corrected chi connectivity index (χ2v) is 6.17. The van der Waals surface area contributed by atoms with Gasteiger partial charge in [-0.15, -0.1) is 0 Å². The Bertz CT molecular complexity index is 763. The zero-order chi connectivity index (χ0) is 19.3. The monoisotopic (exact) mass is 386 g/mol. The number of carbonyl (C=O) groups excluding carboxylic acids is 2. The largest absolute Gasteiger partial charge is 0.492 e. The molecule has 0 saturated carbocycles. The summed E-state index contributed by atoms with van der Waals surface area (Å²) in [6.45, 7) is 1.17. The number of ether oxygens (including phenoxy) is 1. The lowest BCUT2D eigenvalue weighted by Gasteiger charge is -2.08. The lowest BCUT2D eigenvalue weighted by Crippen LogP contribution is -2.34. The van der Waals surface area contributed by atoms with Crippen molar-refractivity contribution < 1.29 is 14.3 Å². The van der Waals surface area contributed by atoms with Gasteiger partial charge in [0.15, 0.2) is 0 Å². The van der Waals surface area contributed by atoms with Crippen molar-refractivity contribution in [1.82, 2.24) is 10.6 Å². The summed E-state index contributed by atoms with van der Waals surface area (Å²) in [5, 5.41) is 6.04. The topological polar surface area (TPSA) is 67.4 Å². The first-order chi connectivity index (χ1) is 13.1. The second kappa shape index (κ2) is 11.8. The third kappa shape index (κ3) is 8.42. The molecule has 0 atom stereocenters. The van der Waals surface area contributed by atoms with Crippen LogP contribution in [0.15, 0.2) is 60.7 Å². The normalized spacial score (nSPS) is 10.6. The first-order valence-corrected chi connectivity index (χ1v) is 9.18. The van der Waals surface area contributed by atoms with Crippen molar-refractivity contribution in [2.75, 3.05) is 19.7 Å². The molecule has 2 rings (SSSR count). The molecule has 0 fully saturated rings. The maximum Gasteiger partial charge on any atom is 0.244 e. The molecule has 0 aromatic heterocycles. The summed E-state index contributed by atoms with van der Waals surface area (Å²) in [5.41, 5.74) is 0.958. The van der Waals surface area contributed by atoms with E-state index in [1.165, 1.54) is 6.08 Å². The minimum Gasteiger partial charge on any atom is -0.492 e. The Balaban J connectivity index is 1.52. The molecule has 0 heterocycles. The Morgan fingerprint density at radius 3 is 2.44 bits per heavy atom. The van der Waals surface area contributed by atoms with E-state index in [1.807, 2.05) is 42.5 Å². The standard InChI is InChI=1S/C21H23ClN2O3/c22-18-9-4-5-10-19(18)27-16-6-11-20(25)23-14-15-24-21(26)13-12-17-7-2-1-3-8-17/h1-5,7-10,12-13H,6,11,14-16H2,(H,23,25)(H,24,26)/b13-12+. The highest BCUT2D eigenvalue weighted by atomic mass is 35.5. The van der Waals surface area contributed by atoms with Crippen LogP contribution in [0.25, 0.3) is 6.08 Å². The van der Waals surface area contributed by atoms with Crippen LogP contribution in [-0.2, 0) is 9.59 Å². The quantitative estimate of drug-likeness (QED) is 0.485. The number of carbonyl (C=O) groups is 2. The SMILES string of the molecule is O=C(/C=C/c1ccccc1)NCCNC(=O)CCCOc1ccccc1Cl.